The van der Waals surface area contributed by atoms with Crippen molar-refractivity contribution in [3.8, 4) is 11.6 Å². The highest BCUT2D eigenvalue weighted by Crippen LogP contribution is 2.47. The highest BCUT2D eigenvalue weighted by molar-refractivity contribution is 7.99. The molecule has 0 spiro atoms. The Morgan fingerprint density at radius 1 is 1.02 bits per heavy atom. The third kappa shape index (κ3) is 9.33. The Bertz CT molecular complexity index is 1470. The number of carbonyl (C=O) groups is 1. The molecule has 45 heavy (non-hydrogen) atoms. The average molecular weight is 659 g/mol. The van der Waals surface area contributed by atoms with Gasteiger partial charge < -0.3 is 13.9 Å². The summed E-state index contributed by atoms with van der Waals surface area (Å²) in [5.41, 5.74) is -6.00. The molecule has 8 nitrogen and oxygen atoms in total. The summed E-state index contributed by atoms with van der Waals surface area (Å²) >= 11 is 0.726. The summed E-state index contributed by atoms with van der Waals surface area (Å²) in [6.45, 7) is 11.2. The van der Waals surface area contributed by atoms with Gasteiger partial charge in [0.1, 0.15) is 10.6 Å². The Kier molecular flexibility index (Phi) is 11.5. The number of aromatic nitrogens is 3. The fraction of sp³-hybridized carbons (Fsp3) is 0.400. The molecule has 0 aliphatic rings. The number of thioether (sulfide) groups is 1. The summed E-state index contributed by atoms with van der Waals surface area (Å²) in [7, 11) is 0. The van der Waals surface area contributed by atoms with E-state index in [1.54, 1.807) is 30.3 Å². The van der Waals surface area contributed by atoms with E-state index >= 15 is 0 Å². The minimum absolute atomic E-state index is 0.152. The molecule has 2 aromatic heterocycles. The van der Waals surface area contributed by atoms with Gasteiger partial charge in [0.05, 0.1) is 17.9 Å². The van der Waals surface area contributed by atoms with Crippen LogP contribution in [0.2, 0.25) is 0 Å². The van der Waals surface area contributed by atoms with Crippen LogP contribution in [0.4, 0.5) is 36.8 Å². The zero-order chi connectivity index (χ0) is 33.5. The molecule has 0 unspecified atom stereocenters. The summed E-state index contributed by atoms with van der Waals surface area (Å²) < 4.78 is 103. The van der Waals surface area contributed by atoms with E-state index in [-0.39, 0.29) is 12.2 Å². The van der Waals surface area contributed by atoms with Gasteiger partial charge in [-0.3, -0.25) is 5.32 Å². The molecule has 15 heteroatoms. The number of ether oxygens (including phenoxy) is 2. The van der Waals surface area contributed by atoms with Crippen molar-refractivity contribution >= 4 is 23.5 Å². The van der Waals surface area contributed by atoms with E-state index in [2.05, 4.69) is 33.7 Å². The van der Waals surface area contributed by atoms with Gasteiger partial charge in [-0.1, -0.05) is 42.5 Å². The third-order valence-electron chi connectivity index (χ3n) is 5.95. The number of nitrogens with zero attached hydrogens (tertiary/aromatic N) is 3. The van der Waals surface area contributed by atoms with Crippen molar-refractivity contribution in [2.24, 2.45) is 0 Å². The predicted molar refractivity (Wildman–Crippen MR) is 156 cm³/mol. The number of hydrogen-bond donors (Lipinski definition) is 1. The van der Waals surface area contributed by atoms with Crippen molar-refractivity contribution in [2.75, 3.05) is 11.1 Å². The standard InChI is InChI=1S/C30H32F6N4O4S/c1-6-8-15-28(30(34,35)36,42-18-19-13-11-10-12-14-19)25-40-39-23(43-25)22-21(37-26(41)44-27(3,4)5)17-20(29(31,32)33)24(38-22)45-16-9-7-2/h6-7,10-14,17H,1-2,8-9,15-16,18H2,3-5H3,(H,37,41)/t28-/m1/s1. The Morgan fingerprint density at radius 2 is 1.69 bits per heavy atom. The van der Waals surface area contributed by atoms with Gasteiger partial charge in [-0.25, -0.2) is 9.78 Å². The van der Waals surface area contributed by atoms with Crippen molar-refractivity contribution in [1.29, 1.82) is 0 Å². The van der Waals surface area contributed by atoms with Crippen LogP contribution in [0.25, 0.3) is 11.6 Å². The fourth-order valence-electron chi connectivity index (χ4n) is 3.87. The molecule has 3 aromatic rings. The Morgan fingerprint density at radius 3 is 2.27 bits per heavy atom. The minimum Gasteiger partial charge on any atom is -0.444 e. The molecule has 0 aliphatic carbocycles. The number of anilines is 1. The maximum absolute atomic E-state index is 14.8. The van der Waals surface area contributed by atoms with Gasteiger partial charge in [0, 0.05) is 5.75 Å². The lowest BCUT2D eigenvalue weighted by molar-refractivity contribution is -0.299. The summed E-state index contributed by atoms with van der Waals surface area (Å²) in [6, 6.07) is 8.67. The number of pyridine rings is 1. The zero-order valence-corrected chi connectivity index (χ0v) is 25.5. The van der Waals surface area contributed by atoms with Crippen molar-refractivity contribution in [1.82, 2.24) is 15.2 Å². The number of hydrogen-bond acceptors (Lipinski definition) is 8. The normalized spacial score (nSPS) is 13.6. The molecule has 2 heterocycles. The van der Waals surface area contributed by atoms with E-state index in [1.165, 1.54) is 32.9 Å². The quantitative estimate of drug-likeness (QED) is 0.0841. The van der Waals surface area contributed by atoms with Crippen LogP contribution in [0.15, 0.2) is 71.2 Å². The molecular formula is C30H32F6N4O4S. The Balaban J connectivity index is 2.20. The first kappa shape index (κ1) is 35.6. The molecule has 0 aliphatic heterocycles. The molecule has 1 amide bonds. The summed E-state index contributed by atoms with van der Waals surface area (Å²) in [6.07, 6.45) is -8.90. The number of amides is 1. The van der Waals surface area contributed by atoms with E-state index in [1.807, 2.05) is 0 Å². The van der Waals surface area contributed by atoms with Crippen LogP contribution in [0.5, 0.6) is 0 Å². The Hall–Kier alpha value is -3.85. The van der Waals surface area contributed by atoms with Crippen molar-refractivity contribution < 1.29 is 45.0 Å². The summed E-state index contributed by atoms with van der Waals surface area (Å²) in [5, 5.41) is 9.01. The largest absolute Gasteiger partial charge is 0.444 e. The maximum atomic E-state index is 14.8. The molecule has 0 saturated heterocycles. The monoisotopic (exact) mass is 658 g/mol. The second-order valence-corrected chi connectivity index (χ2v) is 11.7. The van der Waals surface area contributed by atoms with E-state index < -0.39 is 76.4 Å². The van der Waals surface area contributed by atoms with Gasteiger partial charge in [0.25, 0.3) is 11.8 Å². The molecule has 0 saturated carbocycles. The third-order valence-corrected chi connectivity index (χ3v) is 6.97. The zero-order valence-electron chi connectivity index (χ0n) is 24.7. The van der Waals surface area contributed by atoms with E-state index in [9.17, 15) is 31.1 Å². The van der Waals surface area contributed by atoms with Crippen LogP contribution in [-0.2, 0) is 27.9 Å². The molecule has 0 bridgehead atoms. The highest BCUT2D eigenvalue weighted by atomic mass is 32.2. The fourth-order valence-corrected chi connectivity index (χ4v) is 4.84. The van der Waals surface area contributed by atoms with Crippen molar-refractivity contribution in [2.45, 2.75) is 75.2 Å². The molecule has 1 atom stereocenters. The molecule has 1 N–H and O–H groups in total. The van der Waals surface area contributed by atoms with Crippen LogP contribution in [0.1, 0.15) is 57.1 Å². The SMILES string of the molecule is C=CCCSc1nc(-c2nnc([C@@](CCC=C)(OCc3ccccc3)C(F)(F)F)o2)c(NC(=O)OC(C)(C)C)cc1C(F)(F)F. The Labute approximate surface area is 260 Å². The second kappa shape index (κ2) is 14.5. The molecular weight excluding hydrogens is 626 g/mol. The number of benzene rings is 1. The first-order chi connectivity index (χ1) is 21.0. The summed E-state index contributed by atoms with van der Waals surface area (Å²) in [5.74, 6) is -1.54. The van der Waals surface area contributed by atoms with E-state index in [4.69, 9.17) is 13.9 Å². The lowest BCUT2D eigenvalue weighted by atomic mass is 9.96. The number of carbonyl (C=O) groups excluding carboxylic acids is 1. The lowest BCUT2D eigenvalue weighted by Gasteiger charge is -2.32. The predicted octanol–water partition coefficient (Wildman–Crippen LogP) is 9.11. The molecule has 244 valence electrons. The van der Waals surface area contributed by atoms with Gasteiger partial charge in [0.15, 0.2) is 5.69 Å². The van der Waals surface area contributed by atoms with Gasteiger partial charge in [-0.2, -0.15) is 26.3 Å². The van der Waals surface area contributed by atoms with Gasteiger partial charge in [-0.05, 0) is 51.7 Å². The average Bonchev–Trinajstić information content (AvgIpc) is 3.42. The first-order valence-corrected chi connectivity index (χ1v) is 14.5. The lowest BCUT2D eigenvalue weighted by Crippen LogP contribution is -2.45. The maximum Gasteiger partial charge on any atom is 0.426 e. The van der Waals surface area contributed by atoms with Gasteiger partial charge in [-0.15, -0.1) is 35.1 Å². The van der Waals surface area contributed by atoms with Crippen LogP contribution < -0.4 is 5.32 Å². The summed E-state index contributed by atoms with van der Waals surface area (Å²) in [4.78, 5) is 16.6. The van der Waals surface area contributed by atoms with Gasteiger partial charge in [0.2, 0.25) is 5.60 Å². The number of halogens is 6. The van der Waals surface area contributed by atoms with Crippen molar-refractivity contribution in [3.05, 3.63) is 78.7 Å². The number of nitrogens with one attached hydrogen (secondary N) is 1. The molecule has 0 radical (unpaired) electrons. The van der Waals surface area contributed by atoms with Crippen LogP contribution >= 0.6 is 11.8 Å². The highest BCUT2D eigenvalue weighted by Gasteiger charge is 2.61. The smallest absolute Gasteiger partial charge is 0.426 e. The first-order valence-electron chi connectivity index (χ1n) is 13.6. The molecule has 0 fully saturated rings. The van der Waals surface area contributed by atoms with Crippen LogP contribution in [0, 0.1) is 0 Å². The molecule has 3 rings (SSSR count). The number of rotatable bonds is 13. The number of alkyl halides is 6. The number of allylic oxidation sites excluding steroid dienone is 2. The van der Waals surface area contributed by atoms with E-state index in [0.717, 1.165) is 11.8 Å². The van der Waals surface area contributed by atoms with Gasteiger partial charge >= 0.3 is 18.4 Å². The van der Waals surface area contributed by atoms with Crippen LogP contribution in [-0.4, -0.2) is 38.8 Å². The molecule has 1 aromatic carbocycles. The van der Waals surface area contributed by atoms with Crippen molar-refractivity contribution in [3.63, 3.8) is 0 Å². The minimum atomic E-state index is -5.08. The second-order valence-electron chi connectivity index (χ2n) is 10.6. The van der Waals surface area contributed by atoms with E-state index in [0.29, 0.717) is 18.1 Å². The van der Waals surface area contributed by atoms with Crippen LogP contribution in [0.3, 0.4) is 0 Å². The topological polar surface area (TPSA) is 99.4 Å².